The maximum Gasteiger partial charge on any atom is 0.255 e. The Balaban J connectivity index is 1.45. The number of benzene rings is 2. The van der Waals surface area contributed by atoms with Crippen molar-refractivity contribution in [3.8, 4) is 11.8 Å². The molecule has 1 aromatic heterocycles. The topological polar surface area (TPSA) is 83.2 Å². The molecule has 0 unspecified atom stereocenters. The van der Waals surface area contributed by atoms with Crippen LogP contribution in [0, 0.1) is 11.3 Å². The van der Waals surface area contributed by atoms with Crippen molar-refractivity contribution in [2.75, 3.05) is 36.5 Å². The number of anilines is 2. The highest BCUT2D eigenvalue weighted by Crippen LogP contribution is 2.20. The van der Waals surface area contributed by atoms with Gasteiger partial charge in [0.25, 0.3) is 5.91 Å². The summed E-state index contributed by atoms with van der Waals surface area (Å²) in [5.74, 6) is -0.185. The fourth-order valence-corrected chi connectivity index (χ4v) is 3.25. The van der Waals surface area contributed by atoms with E-state index in [2.05, 4.69) is 21.4 Å². The van der Waals surface area contributed by atoms with Crippen LogP contribution in [0.25, 0.3) is 5.69 Å². The van der Waals surface area contributed by atoms with Gasteiger partial charge in [-0.2, -0.15) is 10.4 Å². The summed E-state index contributed by atoms with van der Waals surface area (Å²) in [5, 5.41) is 16.0. The molecule has 2 heterocycles. The normalized spacial score (nSPS) is 13.7. The second-order valence-corrected chi connectivity index (χ2v) is 6.78. The van der Waals surface area contributed by atoms with Crippen molar-refractivity contribution in [1.29, 1.82) is 5.26 Å². The highest BCUT2D eigenvalue weighted by atomic mass is 16.5. The van der Waals surface area contributed by atoms with Gasteiger partial charge in [0.2, 0.25) is 0 Å². The van der Waals surface area contributed by atoms with Gasteiger partial charge in [0.15, 0.2) is 0 Å². The van der Waals surface area contributed by atoms with Crippen LogP contribution in [0.2, 0.25) is 0 Å². The molecule has 1 aliphatic rings. The quantitative estimate of drug-likeness (QED) is 0.728. The van der Waals surface area contributed by atoms with Gasteiger partial charge in [-0.15, -0.1) is 0 Å². The lowest BCUT2D eigenvalue weighted by Gasteiger charge is -2.28. The van der Waals surface area contributed by atoms with Crippen LogP contribution in [0.5, 0.6) is 0 Å². The van der Waals surface area contributed by atoms with Gasteiger partial charge in [-0.05, 0) is 42.5 Å². The summed E-state index contributed by atoms with van der Waals surface area (Å²) >= 11 is 0. The standard InChI is InChI=1S/C22H21N5O2/c23-9-8-17-15-24-27(16-17)21-3-1-2-18(14-21)22(28)25-19-4-6-20(7-5-19)26-10-12-29-13-11-26/h1-7,14-16H,8,10-13H2,(H,25,28). The second-order valence-electron chi connectivity index (χ2n) is 6.78. The lowest BCUT2D eigenvalue weighted by molar-refractivity contribution is 0.102. The monoisotopic (exact) mass is 387 g/mol. The SMILES string of the molecule is N#CCc1cnn(-c2cccc(C(=O)Nc3ccc(N4CCOCC4)cc3)c2)c1. The van der Waals surface area contributed by atoms with Crippen molar-refractivity contribution in [2.24, 2.45) is 0 Å². The van der Waals surface area contributed by atoms with E-state index in [1.807, 2.05) is 36.4 Å². The minimum Gasteiger partial charge on any atom is -0.378 e. The van der Waals surface area contributed by atoms with Gasteiger partial charge in [0.1, 0.15) is 0 Å². The number of hydrogen-bond acceptors (Lipinski definition) is 5. The van der Waals surface area contributed by atoms with Crippen LogP contribution in [0.4, 0.5) is 11.4 Å². The van der Waals surface area contributed by atoms with Crippen LogP contribution in [-0.4, -0.2) is 42.0 Å². The first-order valence-electron chi connectivity index (χ1n) is 9.48. The van der Waals surface area contributed by atoms with Crippen LogP contribution < -0.4 is 10.2 Å². The summed E-state index contributed by atoms with van der Waals surface area (Å²) < 4.78 is 7.05. The van der Waals surface area contributed by atoms with Gasteiger partial charge in [-0.1, -0.05) is 6.07 Å². The number of nitrogens with one attached hydrogen (secondary N) is 1. The highest BCUT2D eigenvalue weighted by Gasteiger charge is 2.12. The first kappa shape index (κ1) is 18.7. The number of nitrogens with zero attached hydrogens (tertiary/aromatic N) is 4. The molecule has 7 heteroatoms. The molecule has 1 fully saturated rings. The van der Waals surface area contributed by atoms with E-state index in [-0.39, 0.29) is 5.91 Å². The second kappa shape index (κ2) is 8.59. The van der Waals surface area contributed by atoms with Crippen molar-refractivity contribution in [2.45, 2.75) is 6.42 Å². The Kier molecular flexibility index (Phi) is 5.54. The molecule has 146 valence electrons. The zero-order valence-corrected chi connectivity index (χ0v) is 15.9. The van der Waals surface area contributed by atoms with Gasteiger partial charge < -0.3 is 15.0 Å². The molecule has 1 amide bonds. The maximum absolute atomic E-state index is 12.7. The minimum atomic E-state index is -0.185. The summed E-state index contributed by atoms with van der Waals surface area (Å²) in [7, 11) is 0. The van der Waals surface area contributed by atoms with Gasteiger partial charge in [0.05, 0.1) is 37.6 Å². The molecule has 7 nitrogen and oxygen atoms in total. The third-order valence-corrected chi connectivity index (χ3v) is 4.79. The van der Waals surface area contributed by atoms with E-state index in [1.54, 1.807) is 29.2 Å². The first-order valence-corrected chi connectivity index (χ1v) is 9.48. The molecule has 4 rings (SSSR count). The fourth-order valence-electron chi connectivity index (χ4n) is 3.25. The largest absolute Gasteiger partial charge is 0.378 e. The summed E-state index contributed by atoms with van der Waals surface area (Å²) in [5.41, 5.74) is 4.01. The highest BCUT2D eigenvalue weighted by molar-refractivity contribution is 6.04. The molecule has 0 bridgehead atoms. The summed E-state index contributed by atoms with van der Waals surface area (Å²) in [6.45, 7) is 3.23. The Morgan fingerprint density at radius 3 is 2.69 bits per heavy atom. The summed E-state index contributed by atoms with van der Waals surface area (Å²) in [6.07, 6.45) is 3.76. The Morgan fingerprint density at radius 2 is 1.93 bits per heavy atom. The average Bonchev–Trinajstić information content (AvgIpc) is 3.24. The van der Waals surface area contributed by atoms with Gasteiger partial charge in [-0.3, -0.25) is 4.79 Å². The van der Waals surface area contributed by atoms with E-state index in [0.717, 1.165) is 48.9 Å². The van der Waals surface area contributed by atoms with Crippen LogP contribution in [0.3, 0.4) is 0 Å². The van der Waals surface area contributed by atoms with Gasteiger partial charge >= 0.3 is 0 Å². The molecule has 29 heavy (non-hydrogen) atoms. The van der Waals surface area contributed by atoms with Gasteiger partial charge in [-0.25, -0.2) is 4.68 Å². The number of amides is 1. The van der Waals surface area contributed by atoms with E-state index in [4.69, 9.17) is 10.00 Å². The molecule has 0 saturated carbocycles. The van der Waals surface area contributed by atoms with Crippen LogP contribution in [0.1, 0.15) is 15.9 Å². The average molecular weight is 387 g/mol. The zero-order valence-electron chi connectivity index (χ0n) is 15.9. The number of rotatable bonds is 5. The smallest absolute Gasteiger partial charge is 0.255 e. The number of carbonyl (C=O) groups is 1. The number of morpholine rings is 1. The van der Waals surface area contributed by atoms with Crippen molar-refractivity contribution in [3.63, 3.8) is 0 Å². The van der Waals surface area contributed by atoms with E-state index < -0.39 is 0 Å². The Hall–Kier alpha value is -3.63. The fraction of sp³-hybridized carbons (Fsp3) is 0.227. The number of nitriles is 1. The van der Waals surface area contributed by atoms with E-state index >= 15 is 0 Å². The summed E-state index contributed by atoms with van der Waals surface area (Å²) in [4.78, 5) is 14.9. The molecule has 3 aromatic rings. The van der Waals surface area contributed by atoms with Crippen LogP contribution >= 0.6 is 0 Å². The van der Waals surface area contributed by atoms with Crippen LogP contribution in [0.15, 0.2) is 60.9 Å². The number of aromatic nitrogens is 2. The molecule has 1 aliphatic heterocycles. The molecular weight excluding hydrogens is 366 g/mol. The molecule has 0 radical (unpaired) electrons. The molecular formula is C22H21N5O2. The molecule has 0 atom stereocenters. The molecule has 0 aliphatic carbocycles. The lowest BCUT2D eigenvalue weighted by Crippen LogP contribution is -2.36. The van der Waals surface area contributed by atoms with E-state index in [9.17, 15) is 4.79 Å². The van der Waals surface area contributed by atoms with E-state index in [1.165, 1.54) is 0 Å². The van der Waals surface area contributed by atoms with Gasteiger partial charge in [0, 0.05) is 41.8 Å². The zero-order chi connectivity index (χ0) is 20.1. The predicted octanol–water partition coefficient (Wildman–Crippen LogP) is 3.03. The predicted molar refractivity (Wildman–Crippen MR) is 110 cm³/mol. The van der Waals surface area contributed by atoms with Crippen molar-refractivity contribution < 1.29 is 9.53 Å². The number of ether oxygens (including phenoxy) is 1. The number of hydrogen-bond donors (Lipinski definition) is 1. The summed E-state index contributed by atoms with van der Waals surface area (Å²) in [6, 6.07) is 17.2. The van der Waals surface area contributed by atoms with Crippen LogP contribution in [-0.2, 0) is 11.2 Å². The lowest BCUT2D eigenvalue weighted by atomic mass is 10.1. The maximum atomic E-state index is 12.7. The first-order chi connectivity index (χ1) is 14.2. The third kappa shape index (κ3) is 4.45. The number of carbonyl (C=O) groups excluding carboxylic acids is 1. The van der Waals surface area contributed by atoms with Crippen molar-refractivity contribution >= 4 is 17.3 Å². The Labute approximate surface area is 169 Å². The van der Waals surface area contributed by atoms with Crippen molar-refractivity contribution in [3.05, 3.63) is 72.1 Å². The molecule has 2 aromatic carbocycles. The molecule has 0 spiro atoms. The Bertz CT molecular complexity index is 1030. The Morgan fingerprint density at radius 1 is 1.14 bits per heavy atom. The molecule has 1 saturated heterocycles. The third-order valence-electron chi connectivity index (χ3n) is 4.79. The van der Waals surface area contributed by atoms with E-state index in [0.29, 0.717) is 12.0 Å². The minimum absolute atomic E-state index is 0.185. The molecule has 1 N–H and O–H groups in total. The van der Waals surface area contributed by atoms with Crippen molar-refractivity contribution in [1.82, 2.24) is 9.78 Å².